The van der Waals surface area contributed by atoms with Crippen LogP contribution in [0.5, 0.6) is 17.2 Å². The van der Waals surface area contributed by atoms with Crippen molar-refractivity contribution >= 4 is 36.9 Å². The van der Waals surface area contributed by atoms with Crippen LogP contribution in [-0.2, 0) is 4.43 Å². The van der Waals surface area contributed by atoms with Crippen molar-refractivity contribution in [3.8, 4) is 22.9 Å². The third-order valence-electron chi connectivity index (χ3n) is 10.2. The van der Waals surface area contributed by atoms with Gasteiger partial charge in [0.05, 0.1) is 63.0 Å². The Morgan fingerprint density at radius 1 is 0.957 bits per heavy atom. The first-order chi connectivity index (χ1) is 22.4. The third-order valence-corrected chi connectivity index (χ3v) is 14.7. The zero-order chi connectivity index (χ0) is 33.5. The number of aromatic nitrogens is 6. The maximum Gasteiger partial charge on any atom is 0.232 e. The average molecular weight is 663 g/mol. The Morgan fingerprint density at radius 3 is 2.30 bits per heavy atom. The fraction of sp³-hybridized carbons (Fsp3) is 0.588. The maximum absolute atomic E-state index is 6.76. The molecule has 4 heterocycles. The predicted molar refractivity (Wildman–Crippen MR) is 188 cm³/mol. The van der Waals surface area contributed by atoms with E-state index in [1.807, 2.05) is 22.9 Å². The standard InChI is InChI=1S/C34H50N8O4Si/c1-22-29-31(41-16-12-15-24(41)20-46-47(8,9)34(2,3)4)37-33(38-32(29)42(39-22)23-13-10-11-14-23)36-28-19-40(21-35-28)25-17-26(43-5)30(45-7)27(18-25)44-6/h17-19,21,23-24H,10-16,20H2,1-9H3,(H,36,37,38)/t24-/m0/s1. The van der Waals surface area contributed by atoms with Gasteiger partial charge in [-0.2, -0.15) is 15.1 Å². The molecule has 254 valence electrons. The Bertz CT molecular complexity index is 1700. The summed E-state index contributed by atoms with van der Waals surface area (Å²) in [6.07, 6.45) is 10.5. The van der Waals surface area contributed by atoms with E-state index in [1.165, 1.54) is 12.8 Å². The Balaban J connectivity index is 1.36. The molecule has 0 amide bonds. The van der Waals surface area contributed by atoms with Gasteiger partial charge in [-0.1, -0.05) is 33.6 Å². The van der Waals surface area contributed by atoms with Gasteiger partial charge in [0.1, 0.15) is 12.1 Å². The van der Waals surface area contributed by atoms with Crippen LogP contribution in [0.4, 0.5) is 17.6 Å². The number of nitrogens with one attached hydrogen (secondary N) is 1. The number of methoxy groups -OCH3 is 3. The molecule has 47 heavy (non-hydrogen) atoms. The number of imidazole rings is 1. The number of fused-ring (bicyclic) bond motifs is 1. The number of rotatable bonds is 11. The first kappa shape index (κ1) is 33.1. The summed E-state index contributed by atoms with van der Waals surface area (Å²) in [5, 5.41) is 9.67. The number of benzene rings is 1. The number of anilines is 3. The molecule has 2 fully saturated rings. The van der Waals surface area contributed by atoms with Crippen LogP contribution in [0.2, 0.25) is 18.1 Å². The molecule has 1 aromatic carbocycles. The molecule has 0 radical (unpaired) electrons. The van der Waals surface area contributed by atoms with Gasteiger partial charge in [0, 0.05) is 18.7 Å². The van der Waals surface area contributed by atoms with E-state index >= 15 is 0 Å². The van der Waals surface area contributed by atoms with Crippen LogP contribution >= 0.6 is 0 Å². The first-order valence-corrected chi connectivity index (χ1v) is 19.6. The van der Waals surface area contributed by atoms with Gasteiger partial charge in [0.15, 0.2) is 31.3 Å². The Hall–Kier alpha value is -3.84. The summed E-state index contributed by atoms with van der Waals surface area (Å²) in [4.78, 5) is 17.4. The highest BCUT2D eigenvalue weighted by Crippen LogP contribution is 2.41. The normalized spacial score (nSPS) is 17.6. The minimum absolute atomic E-state index is 0.153. The first-order valence-electron chi connectivity index (χ1n) is 16.7. The topological polar surface area (TPSA) is 114 Å². The summed E-state index contributed by atoms with van der Waals surface area (Å²) in [5.41, 5.74) is 2.66. The summed E-state index contributed by atoms with van der Waals surface area (Å²) < 4.78 is 27.4. The predicted octanol–water partition coefficient (Wildman–Crippen LogP) is 7.20. The average Bonchev–Trinajstić information content (AvgIpc) is 3.86. The molecule has 1 atom stereocenters. The lowest BCUT2D eigenvalue weighted by molar-refractivity contribution is 0.263. The van der Waals surface area contributed by atoms with Gasteiger partial charge in [0.2, 0.25) is 11.7 Å². The van der Waals surface area contributed by atoms with Crippen molar-refractivity contribution in [2.24, 2.45) is 0 Å². The molecule has 12 nitrogen and oxygen atoms in total. The van der Waals surface area contributed by atoms with Gasteiger partial charge in [-0.3, -0.25) is 0 Å². The van der Waals surface area contributed by atoms with Crippen molar-refractivity contribution in [2.75, 3.05) is 44.7 Å². The summed E-state index contributed by atoms with van der Waals surface area (Å²) in [6.45, 7) is 15.2. The fourth-order valence-corrected chi connectivity index (χ4v) is 7.56. The van der Waals surface area contributed by atoms with Crippen LogP contribution in [0.1, 0.15) is 71.0 Å². The zero-order valence-corrected chi connectivity index (χ0v) is 30.4. The smallest absolute Gasteiger partial charge is 0.232 e. The van der Waals surface area contributed by atoms with E-state index in [-0.39, 0.29) is 11.1 Å². The van der Waals surface area contributed by atoms with Gasteiger partial charge < -0.3 is 33.4 Å². The fourth-order valence-electron chi connectivity index (χ4n) is 6.52. The van der Waals surface area contributed by atoms with Crippen LogP contribution in [0, 0.1) is 6.92 Å². The van der Waals surface area contributed by atoms with Crippen molar-refractivity contribution in [3.63, 3.8) is 0 Å². The van der Waals surface area contributed by atoms with Crippen molar-refractivity contribution in [2.45, 2.75) is 96.4 Å². The van der Waals surface area contributed by atoms with Crippen molar-refractivity contribution < 1.29 is 18.6 Å². The molecule has 0 spiro atoms. The zero-order valence-electron chi connectivity index (χ0n) is 29.4. The van der Waals surface area contributed by atoms with Crippen LogP contribution in [-0.4, -0.2) is 78.1 Å². The highest BCUT2D eigenvalue weighted by atomic mass is 28.4. The highest BCUT2D eigenvalue weighted by Gasteiger charge is 2.39. The highest BCUT2D eigenvalue weighted by molar-refractivity contribution is 6.74. The van der Waals surface area contributed by atoms with Crippen molar-refractivity contribution in [1.29, 1.82) is 0 Å². The number of aryl methyl sites for hydroxylation is 1. The summed E-state index contributed by atoms with van der Waals surface area (Å²) >= 11 is 0. The van der Waals surface area contributed by atoms with Crippen molar-refractivity contribution in [1.82, 2.24) is 29.3 Å². The lowest BCUT2D eigenvalue weighted by Gasteiger charge is -2.38. The second kappa shape index (κ2) is 13.0. The Kier molecular flexibility index (Phi) is 9.14. The van der Waals surface area contributed by atoms with Crippen LogP contribution in [0.3, 0.4) is 0 Å². The molecule has 1 aliphatic carbocycles. The molecule has 13 heteroatoms. The molecular weight excluding hydrogens is 613 g/mol. The second-order valence-electron chi connectivity index (χ2n) is 14.3. The van der Waals surface area contributed by atoms with E-state index < -0.39 is 8.32 Å². The molecular formula is C34H50N8O4Si. The molecule has 1 N–H and O–H groups in total. The van der Waals surface area contributed by atoms with E-state index in [2.05, 4.69) is 60.7 Å². The van der Waals surface area contributed by atoms with Crippen LogP contribution < -0.4 is 24.4 Å². The minimum atomic E-state index is -1.91. The molecule has 6 rings (SSSR count). The van der Waals surface area contributed by atoms with Gasteiger partial charge >= 0.3 is 0 Å². The van der Waals surface area contributed by atoms with Crippen LogP contribution in [0.25, 0.3) is 16.7 Å². The van der Waals surface area contributed by atoms with E-state index in [0.29, 0.717) is 41.7 Å². The van der Waals surface area contributed by atoms with Gasteiger partial charge in [-0.05, 0) is 50.7 Å². The quantitative estimate of drug-likeness (QED) is 0.166. The van der Waals surface area contributed by atoms with Gasteiger partial charge in [-0.15, -0.1) is 0 Å². The number of hydrogen-bond acceptors (Lipinski definition) is 10. The Morgan fingerprint density at radius 2 is 1.66 bits per heavy atom. The molecule has 3 aromatic heterocycles. The summed E-state index contributed by atoms with van der Waals surface area (Å²) in [5.74, 6) is 3.71. The SMILES string of the molecule is COc1cc(-n2cnc(Nc3nc(N4CCC[C@H]4CO[Si](C)(C)C(C)(C)C)c4c(C)nn(C5CCCC5)c4n3)c2)cc(OC)c1OC. The lowest BCUT2D eigenvalue weighted by atomic mass is 10.2. The van der Waals surface area contributed by atoms with E-state index in [0.717, 1.165) is 60.5 Å². The summed E-state index contributed by atoms with van der Waals surface area (Å²) in [6, 6.07) is 4.35. The number of ether oxygens (including phenoxy) is 3. The Labute approximate surface area is 278 Å². The number of nitrogens with zero attached hydrogens (tertiary/aromatic N) is 7. The third kappa shape index (κ3) is 6.39. The molecule has 1 saturated heterocycles. The maximum atomic E-state index is 6.76. The molecule has 0 unspecified atom stereocenters. The number of hydrogen-bond donors (Lipinski definition) is 1. The summed E-state index contributed by atoms with van der Waals surface area (Å²) in [7, 11) is 2.90. The molecule has 0 bridgehead atoms. The van der Waals surface area contributed by atoms with Crippen molar-refractivity contribution in [3.05, 3.63) is 30.4 Å². The molecule has 1 aliphatic heterocycles. The van der Waals surface area contributed by atoms with E-state index in [1.54, 1.807) is 27.7 Å². The minimum Gasteiger partial charge on any atom is -0.493 e. The lowest BCUT2D eigenvalue weighted by Crippen LogP contribution is -2.45. The van der Waals surface area contributed by atoms with E-state index in [4.69, 9.17) is 33.7 Å². The monoisotopic (exact) mass is 662 g/mol. The molecule has 4 aromatic rings. The second-order valence-corrected chi connectivity index (χ2v) is 19.1. The molecule has 1 saturated carbocycles. The molecule has 2 aliphatic rings. The van der Waals surface area contributed by atoms with Gasteiger partial charge in [-0.25, -0.2) is 9.67 Å². The van der Waals surface area contributed by atoms with Gasteiger partial charge in [0.25, 0.3) is 0 Å². The largest absolute Gasteiger partial charge is 0.493 e. The van der Waals surface area contributed by atoms with Crippen LogP contribution in [0.15, 0.2) is 24.7 Å². The van der Waals surface area contributed by atoms with E-state index in [9.17, 15) is 0 Å².